The number of ether oxygens (including phenoxy) is 3. The molecule has 0 saturated heterocycles. The molecular weight excluding hydrogens is 346 g/mol. The number of carbonyl (C=O) groups is 2. The van der Waals surface area contributed by atoms with Gasteiger partial charge in [0.2, 0.25) is 0 Å². The Morgan fingerprint density at radius 2 is 1.74 bits per heavy atom. The van der Waals surface area contributed by atoms with Crippen molar-refractivity contribution in [3.63, 3.8) is 0 Å². The maximum absolute atomic E-state index is 12.1. The van der Waals surface area contributed by atoms with Crippen LogP contribution in [0.1, 0.15) is 46.6 Å². The van der Waals surface area contributed by atoms with E-state index in [9.17, 15) is 9.59 Å². The second-order valence-electron chi connectivity index (χ2n) is 7.96. The molecule has 0 unspecified atom stereocenters. The SMILES string of the molecule is COC(=O)[C@H](C[C@@H](COCc1ccccc1)C(C)C)NC(=O)OC(C)(C)C. The van der Waals surface area contributed by atoms with Crippen molar-refractivity contribution < 1.29 is 23.8 Å². The van der Waals surface area contributed by atoms with Crippen molar-refractivity contribution in [2.24, 2.45) is 11.8 Å². The van der Waals surface area contributed by atoms with Gasteiger partial charge in [-0.25, -0.2) is 9.59 Å². The standard InChI is InChI=1S/C21H33NO5/c1-15(2)17(14-26-13-16-10-8-7-9-11-16)12-18(19(23)25-6)22-20(24)27-21(3,4)5/h7-11,15,17-18H,12-14H2,1-6H3,(H,22,24)/t17-,18-/m0/s1. The van der Waals surface area contributed by atoms with Crippen molar-refractivity contribution in [3.05, 3.63) is 35.9 Å². The average molecular weight is 379 g/mol. The van der Waals surface area contributed by atoms with E-state index in [1.165, 1.54) is 7.11 Å². The summed E-state index contributed by atoms with van der Waals surface area (Å²) in [4.78, 5) is 24.2. The number of hydrogen-bond acceptors (Lipinski definition) is 5. The molecule has 0 aliphatic carbocycles. The quantitative estimate of drug-likeness (QED) is 0.658. The number of methoxy groups -OCH3 is 1. The van der Waals surface area contributed by atoms with Gasteiger partial charge in [0.15, 0.2) is 0 Å². The summed E-state index contributed by atoms with van der Waals surface area (Å²) in [5.41, 5.74) is 0.456. The highest BCUT2D eigenvalue weighted by molar-refractivity contribution is 5.81. The number of hydrogen-bond donors (Lipinski definition) is 1. The molecule has 0 aliphatic heterocycles. The third-order valence-electron chi connectivity index (χ3n) is 4.10. The molecule has 1 amide bonds. The lowest BCUT2D eigenvalue weighted by Gasteiger charge is -2.27. The van der Waals surface area contributed by atoms with Crippen LogP contribution >= 0.6 is 0 Å². The highest BCUT2D eigenvalue weighted by Gasteiger charge is 2.29. The van der Waals surface area contributed by atoms with Crippen LogP contribution in [-0.4, -0.2) is 37.4 Å². The molecule has 1 rings (SSSR count). The first-order valence-corrected chi connectivity index (χ1v) is 9.31. The van der Waals surface area contributed by atoms with E-state index in [1.54, 1.807) is 20.8 Å². The first-order chi connectivity index (χ1) is 12.6. The molecule has 152 valence electrons. The first-order valence-electron chi connectivity index (χ1n) is 9.31. The summed E-state index contributed by atoms with van der Waals surface area (Å²) >= 11 is 0. The summed E-state index contributed by atoms with van der Waals surface area (Å²) in [6.07, 6.45) is -0.219. The molecule has 0 aliphatic rings. The third-order valence-corrected chi connectivity index (χ3v) is 4.10. The van der Waals surface area contributed by atoms with E-state index in [0.717, 1.165) is 5.56 Å². The number of amides is 1. The van der Waals surface area contributed by atoms with Gasteiger partial charge < -0.3 is 19.5 Å². The summed E-state index contributed by atoms with van der Waals surface area (Å²) in [6.45, 7) is 10.4. The fraction of sp³-hybridized carbons (Fsp3) is 0.619. The predicted molar refractivity (Wildman–Crippen MR) is 104 cm³/mol. The van der Waals surface area contributed by atoms with Crippen LogP contribution in [0.25, 0.3) is 0 Å². The molecular formula is C21H33NO5. The Morgan fingerprint density at radius 1 is 1.11 bits per heavy atom. The molecule has 0 radical (unpaired) electrons. The van der Waals surface area contributed by atoms with E-state index in [-0.39, 0.29) is 11.8 Å². The summed E-state index contributed by atoms with van der Waals surface area (Å²) < 4.78 is 15.9. The largest absolute Gasteiger partial charge is 0.467 e. The summed E-state index contributed by atoms with van der Waals surface area (Å²) in [6, 6.07) is 9.13. The van der Waals surface area contributed by atoms with E-state index in [1.807, 2.05) is 30.3 Å². The van der Waals surface area contributed by atoms with Crippen LogP contribution in [-0.2, 0) is 25.6 Å². The first kappa shape index (κ1) is 23.0. The molecule has 0 spiro atoms. The highest BCUT2D eigenvalue weighted by atomic mass is 16.6. The fourth-order valence-electron chi connectivity index (χ4n) is 2.54. The normalized spacial score (nSPS) is 13.7. The molecule has 0 aromatic heterocycles. The molecule has 27 heavy (non-hydrogen) atoms. The van der Waals surface area contributed by atoms with Gasteiger partial charge >= 0.3 is 12.1 Å². The number of benzene rings is 1. The maximum Gasteiger partial charge on any atom is 0.408 e. The lowest BCUT2D eigenvalue weighted by atomic mass is 9.90. The Morgan fingerprint density at radius 3 is 2.26 bits per heavy atom. The molecule has 0 heterocycles. The number of rotatable bonds is 9. The molecule has 0 bridgehead atoms. The van der Waals surface area contributed by atoms with Crippen LogP contribution in [0.2, 0.25) is 0 Å². The Labute approximate surface area is 162 Å². The lowest BCUT2D eigenvalue weighted by molar-refractivity contribution is -0.143. The van der Waals surface area contributed by atoms with E-state index in [4.69, 9.17) is 14.2 Å². The second kappa shape index (κ2) is 10.9. The smallest absolute Gasteiger partial charge is 0.408 e. The van der Waals surface area contributed by atoms with Crippen LogP contribution in [0.4, 0.5) is 4.79 Å². The summed E-state index contributed by atoms with van der Waals surface area (Å²) in [5.74, 6) is -0.143. The Balaban J connectivity index is 2.67. The zero-order valence-electron chi connectivity index (χ0n) is 17.3. The average Bonchev–Trinajstić information content (AvgIpc) is 2.58. The Kier molecular flexibility index (Phi) is 9.29. The number of nitrogens with one attached hydrogen (secondary N) is 1. The van der Waals surface area contributed by atoms with Crippen LogP contribution in [0, 0.1) is 11.8 Å². The molecule has 0 saturated carbocycles. The fourth-order valence-corrected chi connectivity index (χ4v) is 2.54. The minimum atomic E-state index is -0.780. The minimum Gasteiger partial charge on any atom is -0.467 e. The predicted octanol–water partition coefficient (Wildman–Crippen LogP) is 3.93. The molecule has 6 nitrogen and oxygen atoms in total. The third kappa shape index (κ3) is 9.43. The molecule has 2 atom stereocenters. The van der Waals surface area contributed by atoms with Gasteiger partial charge in [-0.2, -0.15) is 0 Å². The summed E-state index contributed by atoms with van der Waals surface area (Å²) in [7, 11) is 1.31. The zero-order chi connectivity index (χ0) is 20.4. The van der Waals surface area contributed by atoms with Crippen molar-refractivity contribution in [3.8, 4) is 0 Å². The van der Waals surface area contributed by atoms with Gasteiger partial charge in [0.1, 0.15) is 11.6 Å². The maximum atomic E-state index is 12.1. The van der Waals surface area contributed by atoms with Gasteiger partial charge in [-0.15, -0.1) is 0 Å². The van der Waals surface area contributed by atoms with Crippen LogP contribution in [0.5, 0.6) is 0 Å². The van der Waals surface area contributed by atoms with Crippen molar-refractivity contribution in [2.45, 2.75) is 59.3 Å². The molecule has 6 heteroatoms. The monoisotopic (exact) mass is 379 g/mol. The molecule has 0 fully saturated rings. The van der Waals surface area contributed by atoms with Crippen molar-refractivity contribution in [2.75, 3.05) is 13.7 Å². The topological polar surface area (TPSA) is 73.9 Å². The van der Waals surface area contributed by atoms with E-state index < -0.39 is 23.7 Å². The van der Waals surface area contributed by atoms with E-state index in [2.05, 4.69) is 19.2 Å². The number of carbonyl (C=O) groups excluding carboxylic acids is 2. The lowest BCUT2D eigenvalue weighted by Crippen LogP contribution is -2.45. The van der Waals surface area contributed by atoms with Crippen molar-refractivity contribution >= 4 is 12.1 Å². The highest BCUT2D eigenvalue weighted by Crippen LogP contribution is 2.20. The van der Waals surface area contributed by atoms with E-state index >= 15 is 0 Å². The second-order valence-corrected chi connectivity index (χ2v) is 7.96. The molecule has 1 N–H and O–H groups in total. The van der Waals surface area contributed by atoms with Gasteiger partial charge in [-0.1, -0.05) is 44.2 Å². The van der Waals surface area contributed by atoms with Gasteiger partial charge in [0.05, 0.1) is 20.3 Å². The van der Waals surface area contributed by atoms with Gasteiger partial charge in [-0.3, -0.25) is 0 Å². The number of esters is 1. The van der Waals surface area contributed by atoms with Crippen LogP contribution in [0.15, 0.2) is 30.3 Å². The van der Waals surface area contributed by atoms with Gasteiger partial charge in [-0.05, 0) is 44.6 Å². The number of alkyl carbamates (subject to hydrolysis) is 1. The Bertz CT molecular complexity index is 580. The Hall–Kier alpha value is -2.08. The zero-order valence-corrected chi connectivity index (χ0v) is 17.3. The van der Waals surface area contributed by atoms with Gasteiger partial charge in [0.25, 0.3) is 0 Å². The minimum absolute atomic E-state index is 0.0766. The van der Waals surface area contributed by atoms with Crippen LogP contribution in [0.3, 0.4) is 0 Å². The van der Waals surface area contributed by atoms with Crippen molar-refractivity contribution in [1.82, 2.24) is 5.32 Å². The van der Waals surface area contributed by atoms with Crippen LogP contribution < -0.4 is 5.32 Å². The summed E-state index contributed by atoms with van der Waals surface area (Å²) in [5, 5.41) is 2.63. The van der Waals surface area contributed by atoms with Gasteiger partial charge in [0, 0.05) is 0 Å². The molecule has 1 aromatic carbocycles. The van der Waals surface area contributed by atoms with E-state index in [0.29, 0.717) is 19.6 Å². The molecule has 1 aromatic rings. The van der Waals surface area contributed by atoms with Crippen molar-refractivity contribution in [1.29, 1.82) is 0 Å².